The van der Waals surface area contributed by atoms with E-state index in [2.05, 4.69) is 15.0 Å². The summed E-state index contributed by atoms with van der Waals surface area (Å²) in [5, 5.41) is 47.2. The van der Waals surface area contributed by atoms with Crippen LogP contribution >= 0.6 is 0 Å². The van der Waals surface area contributed by atoms with Crippen LogP contribution in [0.1, 0.15) is 41.0 Å². The van der Waals surface area contributed by atoms with Crippen LogP contribution in [0.4, 0.5) is 5.95 Å². The summed E-state index contributed by atoms with van der Waals surface area (Å²) in [6.45, 7) is 3.10. The van der Waals surface area contributed by atoms with Crippen LogP contribution in [0, 0.1) is 0 Å². The number of nitrogen functional groups attached to an aromatic ring is 1. The van der Waals surface area contributed by atoms with Gasteiger partial charge in [-0.3, -0.25) is 23.9 Å². The Hall–Kier alpha value is -4.37. The van der Waals surface area contributed by atoms with Gasteiger partial charge in [0.2, 0.25) is 5.95 Å². The van der Waals surface area contributed by atoms with Gasteiger partial charge in [0, 0.05) is 5.57 Å². The van der Waals surface area contributed by atoms with Gasteiger partial charge in [-0.15, -0.1) is 0 Å². The number of phenolic OH excluding ortho intramolecular Hbond substituents is 2. The number of aromatic amines is 1. The summed E-state index contributed by atoms with van der Waals surface area (Å²) < 4.78 is 6.66. The van der Waals surface area contributed by atoms with Gasteiger partial charge < -0.3 is 36.0 Å². The number of ketones is 2. The Morgan fingerprint density at radius 1 is 1.13 bits per heavy atom. The highest BCUT2D eigenvalue weighted by Gasteiger charge is 2.33. The number of aromatic hydroxyl groups is 2. The molecular weight excluding hydrogens is 514 g/mol. The molecule has 1 aliphatic carbocycles. The zero-order valence-electron chi connectivity index (χ0n) is 21.2. The number of H-pyrrole nitrogens is 1. The minimum atomic E-state index is -1.13. The lowest BCUT2D eigenvalue weighted by Crippen LogP contribution is -2.25. The molecule has 0 bridgehead atoms. The molecule has 0 saturated heterocycles. The van der Waals surface area contributed by atoms with E-state index in [9.17, 15) is 29.7 Å². The molecule has 0 aliphatic heterocycles. The van der Waals surface area contributed by atoms with Crippen molar-refractivity contribution in [2.45, 2.75) is 39.2 Å². The van der Waals surface area contributed by atoms with Crippen LogP contribution in [-0.4, -0.2) is 82.0 Å². The van der Waals surface area contributed by atoms with Crippen LogP contribution in [0.15, 0.2) is 46.6 Å². The van der Waals surface area contributed by atoms with Crippen molar-refractivity contribution in [3.8, 4) is 11.5 Å². The molecule has 1 aliphatic rings. The fraction of sp³-hybridized carbons (Fsp3) is 0.320. The second-order valence-corrected chi connectivity index (χ2v) is 8.80. The maximum absolute atomic E-state index is 12.3. The number of imidazole rings is 1. The van der Waals surface area contributed by atoms with Crippen LogP contribution in [-0.2, 0) is 11.5 Å². The lowest BCUT2D eigenvalue weighted by molar-refractivity contribution is -0.0488. The largest absolute Gasteiger partial charge is 0.507 e. The highest BCUT2D eigenvalue weighted by Crippen LogP contribution is 2.35. The number of fused-ring (bicyclic) bond motifs is 2. The highest BCUT2D eigenvalue weighted by molar-refractivity contribution is 6.26. The third kappa shape index (κ3) is 6.56. The predicted molar refractivity (Wildman–Crippen MR) is 138 cm³/mol. The topological polar surface area (TPSA) is 234 Å². The number of nitrogens with two attached hydrogens (primary N) is 1. The second kappa shape index (κ2) is 12.4. The zero-order chi connectivity index (χ0) is 28.9. The Bertz CT molecular complexity index is 1500. The van der Waals surface area contributed by atoms with Crippen LogP contribution in [0.2, 0.25) is 0 Å². The van der Waals surface area contributed by atoms with Crippen molar-refractivity contribution in [1.82, 2.24) is 19.5 Å². The van der Waals surface area contributed by atoms with Gasteiger partial charge in [0.05, 0.1) is 36.8 Å². The Morgan fingerprint density at radius 3 is 2.38 bits per heavy atom. The Kier molecular flexibility index (Phi) is 9.32. The molecule has 14 heteroatoms. The van der Waals surface area contributed by atoms with Crippen LogP contribution in [0.3, 0.4) is 0 Å². The van der Waals surface area contributed by atoms with E-state index in [0.717, 1.165) is 23.8 Å². The lowest BCUT2D eigenvalue weighted by atomic mass is 9.85. The van der Waals surface area contributed by atoms with Gasteiger partial charge in [-0.05, 0) is 38.5 Å². The first-order valence-corrected chi connectivity index (χ1v) is 11.7. The number of carbonyl (C=O) groups excluding carboxylic acids is 2. The number of hydrogen-bond donors (Lipinski definition) is 7. The molecule has 39 heavy (non-hydrogen) atoms. The molecule has 8 N–H and O–H groups in total. The molecule has 14 nitrogen and oxygen atoms in total. The number of ether oxygens (including phenoxy) is 1. The molecule has 0 fully saturated rings. The number of allylic oxidation sites excluding steroid dienone is 2. The predicted octanol–water partition coefficient (Wildman–Crippen LogP) is 0.149. The van der Waals surface area contributed by atoms with Gasteiger partial charge in [-0.25, -0.2) is 4.98 Å². The maximum atomic E-state index is 12.3. The number of rotatable bonds is 8. The first kappa shape index (κ1) is 29.2. The maximum Gasteiger partial charge on any atom is 0.280 e. The normalized spacial score (nSPS) is 13.5. The number of hydrogen-bond acceptors (Lipinski definition) is 12. The molecule has 2 aromatic heterocycles. The fourth-order valence-electron chi connectivity index (χ4n) is 3.62. The molecule has 0 unspecified atom stereocenters. The molecule has 2 heterocycles. The minimum absolute atomic E-state index is 0.00181. The number of Topliss-reactive ketones (excluding diaryl/α,β-unsaturated/α-hetero) is 1. The quantitative estimate of drug-likeness (QED) is 0.149. The summed E-state index contributed by atoms with van der Waals surface area (Å²) in [6.07, 6.45) is 2.52. The van der Waals surface area contributed by atoms with Crippen molar-refractivity contribution < 1.29 is 39.9 Å². The third-order valence-electron chi connectivity index (χ3n) is 5.64. The van der Waals surface area contributed by atoms with Gasteiger partial charge in [0.1, 0.15) is 24.3 Å². The molecule has 0 saturated carbocycles. The average Bonchev–Trinajstić information content (AvgIpc) is 3.30. The van der Waals surface area contributed by atoms with Crippen molar-refractivity contribution in [2.24, 2.45) is 0 Å². The van der Waals surface area contributed by atoms with E-state index < -0.39 is 29.3 Å². The van der Waals surface area contributed by atoms with Gasteiger partial charge in [-0.2, -0.15) is 4.98 Å². The second-order valence-electron chi connectivity index (χ2n) is 8.80. The fourth-order valence-corrected chi connectivity index (χ4v) is 3.62. The monoisotopic (exact) mass is 543 g/mol. The number of nitrogens with zero attached hydrogens (tertiary/aromatic N) is 3. The lowest BCUT2D eigenvalue weighted by Gasteiger charge is -2.20. The molecule has 0 amide bonds. The van der Waals surface area contributed by atoms with Crippen LogP contribution in [0.5, 0.6) is 11.5 Å². The number of aliphatic hydroxyl groups excluding tert-OH is 3. The van der Waals surface area contributed by atoms with Crippen molar-refractivity contribution in [3.63, 3.8) is 0 Å². The van der Waals surface area contributed by atoms with E-state index in [1.165, 1.54) is 10.9 Å². The molecule has 208 valence electrons. The van der Waals surface area contributed by atoms with Crippen molar-refractivity contribution >= 4 is 28.7 Å². The van der Waals surface area contributed by atoms with E-state index in [1.54, 1.807) is 6.08 Å². The Balaban J connectivity index is 0.000000218. The van der Waals surface area contributed by atoms with E-state index in [-0.39, 0.29) is 71.7 Å². The summed E-state index contributed by atoms with van der Waals surface area (Å²) in [5.74, 6) is -2.02. The summed E-state index contributed by atoms with van der Waals surface area (Å²) in [7, 11) is 0. The van der Waals surface area contributed by atoms with Gasteiger partial charge in [-0.1, -0.05) is 11.6 Å². The summed E-state index contributed by atoms with van der Waals surface area (Å²) in [4.78, 5) is 46.0. The first-order valence-electron chi connectivity index (χ1n) is 11.7. The average molecular weight is 544 g/mol. The molecular formula is C25H29N5O9. The van der Waals surface area contributed by atoms with Gasteiger partial charge in [0.25, 0.3) is 5.56 Å². The van der Waals surface area contributed by atoms with Crippen LogP contribution < -0.4 is 11.3 Å². The number of anilines is 1. The van der Waals surface area contributed by atoms with Gasteiger partial charge >= 0.3 is 0 Å². The number of phenols is 2. The van der Waals surface area contributed by atoms with Crippen molar-refractivity contribution in [1.29, 1.82) is 0 Å². The number of aromatic nitrogens is 4. The van der Waals surface area contributed by atoms with Gasteiger partial charge in [0.15, 0.2) is 22.7 Å². The number of aliphatic hydroxyl groups is 3. The molecule has 4 rings (SSSR count). The number of benzene rings is 1. The zero-order valence-corrected chi connectivity index (χ0v) is 21.2. The van der Waals surface area contributed by atoms with E-state index in [4.69, 9.17) is 20.7 Å². The van der Waals surface area contributed by atoms with E-state index in [0.29, 0.717) is 0 Å². The standard InChI is InChI=1S/C16H16O5.C9H13N5O4/c1-8(2)3-4-10(17)9-7-13(20)14-11(18)5-6-12(19)15(14)16(9)21;10-9-12-7-6(8(17)13-9)11-3-14(7)4-18-5(1-15)2-16/h3,5-7,10,17-19H,4H2,1-2H3;3,5,15-16H,1-2,4H2,(H3,10,12,13,17)/t10-;/m0./s1. The molecule has 1 aromatic carbocycles. The highest BCUT2D eigenvalue weighted by atomic mass is 16.5. The van der Waals surface area contributed by atoms with Crippen molar-refractivity contribution in [2.75, 3.05) is 18.9 Å². The summed E-state index contributed by atoms with van der Waals surface area (Å²) in [6, 6.07) is 2.29. The molecule has 0 radical (unpaired) electrons. The van der Waals surface area contributed by atoms with E-state index in [1.807, 2.05) is 13.8 Å². The van der Waals surface area contributed by atoms with Crippen LogP contribution in [0.25, 0.3) is 11.2 Å². The smallest absolute Gasteiger partial charge is 0.280 e. The Morgan fingerprint density at radius 2 is 1.77 bits per heavy atom. The third-order valence-corrected chi connectivity index (χ3v) is 5.64. The summed E-state index contributed by atoms with van der Waals surface area (Å²) in [5.41, 5.74) is 5.85. The SMILES string of the molecule is CC(C)=CC[C@H](O)C1=CC(=O)c2c(O)ccc(O)c2C1=O.Nc1nc2c(ncn2COC(CO)CO)c(=O)[nH]1. The summed E-state index contributed by atoms with van der Waals surface area (Å²) >= 11 is 0. The van der Waals surface area contributed by atoms with Crippen molar-refractivity contribution in [3.05, 3.63) is 63.2 Å². The Labute approximate surface area is 221 Å². The number of nitrogens with one attached hydrogen (secondary N) is 1. The number of carbonyl (C=O) groups is 2. The van der Waals surface area contributed by atoms with E-state index >= 15 is 0 Å². The molecule has 3 aromatic rings. The minimum Gasteiger partial charge on any atom is -0.507 e. The first-order chi connectivity index (χ1) is 18.5. The molecule has 1 atom stereocenters. The molecule has 0 spiro atoms.